The lowest BCUT2D eigenvalue weighted by Gasteiger charge is -2.05. The zero-order chi connectivity index (χ0) is 13.7. The number of rotatable bonds is 5. The Labute approximate surface area is 116 Å². The average Bonchev–Trinajstić information content (AvgIpc) is 3.09. The summed E-state index contributed by atoms with van der Waals surface area (Å²) in [4.78, 5) is 17.0. The van der Waals surface area contributed by atoms with Crippen molar-refractivity contribution in [1.82, 2.24) is 9.55 Å². The Morgan fingerprint density at radius 3 is 3.05 bits per heavy atom. The van der Waals surface area contributed by atoms with E-state index >= 15 is 0 Å². The summed E-state index contributed by atoms with van der Waals surface area (Å²) in [7, 11) is 1.40. The third-order valence-electron chi connectivity index (χ3n) is 2.82. The highest BCUT2D eigenvalue weighted by Gasteiger charge is 2.09. The molecule has 100 valence electrons. The number of methoxy groups -OCH3 is 1. The number of carbonyl (C=O) groups is 1. The summed E-state index contributed by atoms with van der Waals surface area (Å²) in [5, 5.41) is 2.02. The van der Waals surface area contributed by atoms with Gasteiger partial charge in [-0.15, -0.1) is 11.3 Å². The van der Waals surface area contributed by atoms with Crippen molar-refractivity contribution in [2.24, 2.45) is 0 Å². The fraction of sp³-hybridized carbons (Fsp3) is 0.286. The van der Waals surface area contributed by atoms with Crippen molar-refractivity contribution in [2.75, 3.05) is 7.11 Å². The SMILES string of the molecule is CCC(=CCn1ccnc1-c1cccs1)C(=O)OC. The van der Waals surface area contributed by atoms with Crippen LogP contribution >= 0.6 is 11.3 Å². The third-order valence-corrected chi connectivity index (χ3v) is 3.69. The van der Waals surface area contributed by atoms with Gasteiger partial charge in [0.1, 0.15) is 5.82 Å². The summed E-state index contributed by atoms with van der Waals surface area (Å²) >= 11 is 1.65. The van der Waals surface area contributed by atoms with Gasteiger partial charge in [-0.2, -0.15) is 0 Å². The molecular formula is C14H16N2O2S. The molecule has 2 heterocycles. The smallest absolute Gasteiger partial charge is 0.333 e. The van der Waals surface area contributed by atoms with Gasteiger partial charge in [0.25, 0.3) is 0 Å². The van der Waals surface area contributed by atoms with Crippen LogP contribution in [-0.4, -0.2) is 22.6 Å². The maximum absolute atomic E-state index is 11.5. The van der Waals surface area contributed by atoms with Crippen LogP contribution in [0.2, 0.25) is 0 Å². The Bertz CT molecular complexity index is 570. The van der Waals surface area contributed by atoms with Crippen molar-refractivity contribution in [3.05, 3.63) is 41.6 Å². The minimum Gasteiger partial charge on any atom is -0.466 e. The second-order valence-corrected chi connectivity index (χ2v) is 4.90. The van der Waals surface area contributed by atoms with Crippen LogP contribution in [0.1, 0.15) is 13.3 Å². The van der Waals surface area contributed by atoms with Gasteiger partial charge in [0.2, 0.25) is 0 Å². The van der Waals surface area contributed by atoms with Gasteiger partial charge < -0.3 is 9.30 Å². The maximum atomic E-state index is 11.5. The fourth-order valence-electron chi connectivity index (χ4n) is 1.80. The summed E-state index contributed by atoms with van der Waals surface area (Å²) in [6.07, 6.45) is 6.24. The van der Waals surface area contributed by atoms with E-state index < -0.39 is 0 Å². The number of thiophene rings is 1. The van der Waals surface area contributed by atoms with E-state index in [4.69, 9.17) is 4.74 Å². The maximum Gasteiger partial charge on any atom is 0.333 e. The molecule has 0 bridgehead atoms. The van der Waals surface area contributed by atoms with Crippen molar-refractivity contribution in [1.29, 1.82) is 0 Å². The lowest BCUT2D eigenvalue weighted by atomic mass is 10.2. The van der Waals surface area contributed by atoms with Crippen LogP contribution in [0.25, 0.3) is 10.7 Å². The largest absolute Gasteiger partial charge is 0.466 e. The number of nitrogens with zero attached hydrogens (tertiary/aromatic N) is 2. The number of aromatic nitrogens is 2. The van der Waals surface area contributed by atoms with E-state index in [0.29, 0.717) is 18.5 Å². The first-order chi connectivity index (χ1) is 9.26. The van der Waals surface area contributed by atoms with Gasteiger partial charge in [0.05, 0.1) is 12.0 Å². The van der Waals surface area contributed by atoms with Gasteiger partial charge in [-0.1, -0.05) is 19.1 Å². The van der Waals surface area contributed by atoms with Crippen molar-refractivity contribution < 1.29 is 9.53 Å². The molecule has 0 fully saturated rings. The number of imidazole rings is 1. The van der Waals surface area contributed by atoms with E-state index in [9.17, 15) is 4.79 Å². The zero-order valence-electron chi connectivity index (χ0n) is 11.0. The van der Waals surface area contributed by atoms with Crippen LogP contribution in [-0.2, 0) is 16.1 Å². The van der Waals surface area contributed by atoms with E-state index in [2.05, 4.69) is 4.98 Å². The molecule has 0 amide bonds. The predicted octanol–water partition coefficient (Wildman–Crippen LogP) is 3.12. The van der Waals surface area contributed by atoms with Crippen molar-refractivity contribution >= 4 is 17.3 Å². The molecule has 0 saturated heterocycles. The van der Waals surface area contributed by atoms with Gasteiger partial charge in [-0.3, -0.25) is 0 Å². The summed E-state index contributed by atoms with van der Waals surface area (Å²) in [6, 6.07) is 4.04. The zero-order valence-corrected chi connectivity index (χ0v) is 11.8. The highest BCUT2D eigenvalue weighted by Crippen LogP contribution is 2.23. The summed E-state index contributed by atoms with van der Waals surface area (Å²) < 4.78 is 6.76. The van der Waals surface area contributed by atoms with Gasteiger partial charge in [0.15, 0.2) is 0 Å². The molecule has 0 radical (unpaired) electrons. The molecule has 0 N–H and O–H groups in total. The van der Waals surface area contributed by atoms with Crippen molar-refractivity contribution in [3.63, 3.8) is 0 Å². The monoisotopic (exact) mass is 276 g/mol. The molecule has 0 spiro atoms. The molecule has 2 aromatic rings. The number of ether oxygens (including phenoxy) is 1. The Balaban J connectivity index is 2.19. The van der Waals surface area contributed by atoms with Crippen LogP contribution in [0.5, 0.6) is 0 Å². The standard InChI is InChI=1S/C14H16N2O2S/c1-3-11(14(17)18-2)6-8-16-9-7-15-13(16)12-5-4-10-19-12/h4-7,9-10H,3,8H2,1-2H3. The molecule has 4 nitrogen and oxygen atoms in total. The highest BCUT2D eigenvalue weighted by molar-refractivity contribution is 7.13. The second kappa shape index (κ2) is 6.33. The minimum atomic E-state index is -0.264. The van der Waals surface area contributed by atoms with Gasteiger partial charge in [-0.25, -0.2) is 9.78 Å². The number of esters is 1. The van der Waals surface area contributed by atoms with Crippen LogP contribution in [0.15, 0.2) is 41.6 Å². The van der Waals surface area contributed by atoms with Gasteiger partial charge >= 0.3 is 5.97 Å². The number of hydrogen-bond donors (Lipinski definition) is 0. The van der Waals surface area contributed by atoms with E-state index in [-0.39, 0.29) is 5.97 Å². The molecule has 2 rings (SSSR count). The number of carbonyl (C=O) groups excluding carboxylic acids is 1. The van der Waals surface area contributed by atoms with Gasteiger partial charge in [-0.05, 0) is 17.9 Å². The van der Waals surface area contributed by atoms with Crippen LogP contribution in [0.4, 0.5) is 0 Å². The van der Waals surface area contributed by atoms with E-state index in [1.165, 1.54) is 7.11 Å². The molecule has 0 aliphatic carbocycles. The van der Waals surface area contributed by atoms with E-state index in [1.807, 2.05) is 41.3 Å². The van der Waals surface area contributed by atoms with Crippen LogP contribution in [0, 0.1) is 0 Å². The molecule has 0 aromatic carbocycles. The molecule has 5 heteroatoms. The van der Waals surface area contributed by atoms with Crippen molar-refractivity contribution in [2.45, 2.75) is 19.9 Å². The third kappa shape index (κ3) is 3.12. The summed E-state index contributed by atoms with van der Waals surface area (Å²) in [6.45, 7) is 2.56. The quantitative estimate of drug-likeness (QED) is 0.622. The first-order valence-electron chi connectivity index (χ1n) is 6.08. The first-order valence-corrected chi connectivity index (χ1v) is 6.96. The number of allylic oxidation sites excluding steroid dienone is 1. The predicted molar refractivity (Wildman–Crippen MR) is 75.9 cm³/mol. The highest BCUT2D eigenvalue weighted by atomic mass is 32.1. The molecule has 0 aliphatic heterocycles. The lowest BCUT2D eigenvalue weighted by molar-refractivity contribution is -0.136. The van der Waals surface area contributed by atoms with Crippen LogP contribution < -0.4 is 0 Å². The van der Waals surface area contributed by atoms with Crippen LogP contribution in [0.3, 0.4) is 0 Å². The summed E-state index contributed by atoms with van der Waals surface area (Å²) in [5.41, 5.74) is 0.688. The Kier molecular flexibility index (Phi) is 4.52. The molecule has 0 aliphatic rings. The normalized spacial score (nSPS) is 11.6. The Morgan fingerprint density at radius 2 is 2.42 bits per heavy atom. The van der Waals surface area contributed by atoms with E-state index in [1.54, 1.807) is 17.5 Å². The molecule has 0 unspecified atom stereocenters. The molecule has 0 saturated carbocycles. The molecule has 19 heavy (non-hydrogen) atoms. The van der Waals surface area contributed by atoms with Gasteiger partial charge in [0, 0.05) is 24.5 Å². The molecule has 0 atom stereocenters. The fourth-order valence-corrected chi connectivity index (χ4v) is 2.54. The molecule has 2 aromatic heterocycles. The topological polar surface area (TPSA) is 44.1 Å². The second-order valence-electron chi connectivity index (χ2n) is 3.96. The first kappa shape index (κ1) is 13.5. The Hall–Kier alpha value is -1.88. The minimum absolute atomic E-state index is 0.264. The Morgan fingerprint density at radius 1 is 1.58 bits per heavy atom. The van der Waals surface area contributed by atoms with Crippen molar-refractivity contribution in [3.8, 4) is 10.7 Å². The lowest BCUT2D eigenvalue weighted by Crippen LogP contribution is -2.06. The number of hydrogen-bond acceptors (Lipinski definition) is 4. The molecular weight excluding hydrogens is 260 g/mol. The average molecular weight is 276 g/mol. The summed E-state index contributed by atoms with van der Waals surface area (Å²) in [5.74, 6) is 0.659. The van der Waals surface area contributed by atoms with E-state index in [0.717, 1.165) is 10.7 Å².